The van der Waals surface area contributed by atoms with E-state index < -0.39 is 0 Å². The second-order valence-corrected chi connectivity index (χ2v) is 6.62. The quantitative estimate of drug-likeness (QED) is 0.683. The molecule has 5 heteroatoms. The molecular formula is C22H24N4O. The van der Waals surface area contributed by atoms with Crippen LogP contribution in [0, 0.1) is 6.92 Å². The van der Waals surface area contributed by atoms with Crippen molar-refractivity contribution in [1.82, 2.24) is 19.9 Å². The number of aromatic nitrogens is 3. The summed E-state index contributed by atoms with van der Waals surface area (Å²) in [5.41, 5.74) is 5.70. The number of hydrogen-bond acceptors (Lipinski definition) is 4. The van der Waals surface area contributed by atoms with E-state index in [1.54, 1.807) is 18.1 Å². The van der Waals surface area contributed by atoms with E-state index >= 15 is 0 Å². The standard InChI is InChI=1S/C22H24N4O/c1-5-19-15(2)6-11-21(25-19)17-7-9-18(10-8-17)22(27)26(4)16(3)20-12-13-23-14-24-20/h6-14,16H,5H2,1-4H3. The molecule has 5 nitrogen and oxygen atoms in total. The average molecular weight is 360 g/mol. The SMILES string of the molecule is CCc1nc(-c2ccc(C(=O)N(C)C(C)c3ccncn3)cc2)ccc1C. The minimum atomic E-state index is -0.133. The zero-order valence-corrected chi connectivity index (χ0v) is 16.2. The summed E-state index contributed by atoms with van der Waals surface area (Å²) >= 11 is 0. The number of hydrogen-bond donors (Lipinski definition) is 0. The highest BCUT2D eigenvalue weighted by Gasteiger charge is 2.19. The Hall–Kier alpha value is -3.08. The monoisotopic (exact) mass is 360 g/mol. The van der Waals surface area contributed by atoms with Crippen molar-refractivity contribution in [3.05, 3.63) is 77.5 Å². The molecule has 0 radical (unpaired) electrons. The van der Waals surface area contributed by atoms with Crippen LogP contribution in [0.3, 0.4) is 0 Å². The van der Waals surface area contributed by atoms with Crippen LogP contribution in [0.1, 0.15) is 47.2 Å². The van der Waals surface area contributed by atoms with Crippen molar-refractivity contribution in [3.8, 4) is 11.3 Å². The zero-order valence-electron chi connectivity index (χ0n) is 16.2. The van der Waals surface area contributed by atoms with Crippen LogP contribution in [-0.2, 0) is 6.42 Å². The highest BCUT2D eigenvalue weighted by Crippen LogP contribution is 2.22. The number of carbonyl (C=O) groups excluding carboxylic acids is 1. The minimum absolute atomic E-state index is 0.0428. The van der Waals surface area contributed by atoms with Crippen LogP contribution in [-0.4, -0.2) is 32.8 Å². The Bertz CT molecular complexity index is 923. The zero-order chi connectivity index (χ0) is 19.4. The number of benzene rings is 1. The molecule has 0 saturated heterocycles. The third-order valence-electron chi connectivity index (χ3n) is 4.90. The maximum Gasteiger partial charge on any atom is 0.254 e. The molecule has 0 saturated carbocycles. The predicted octanol–water partition coefficient (Wildman–Crippen LogP) is 4.24. The number of aryl methyl sites for hydroxylation is 2. The van der Waals surface area contributed by atoms with Gasteiger partial charge >= 0.3 is 0 Å². The first-order chi connectivity index (χ1) is 13.0. The molecule has 3 rings (SSSR count). The molecule has 1 amide bonds. The second-order valence-electron chi connectivity index (χ2n) is 6.62. The molecule has 3 aromatic rings. The Morgan fingerprint density at radius 3 is 2.48 bits per heavy atom. The summed E-state index contributed by atoms with van der Waals surface area (Å²) in [5, 5.41) is 0. The Labute approximate surface area is 160 Å². The van der Waals surface area contributed by atoms with Gasteiger partial charge in [-0.05, 0) is 50.1 Å². The maximum atomic E-state index is 12.8. The fraction of sp³-hybridized carbons (Fsp3) is 0.273. The molecule has 0 fully saturated rings. The van der Waals surface area contributed by atoms with E-state index in [-0.39, 0.29) is 11.9 Å². The lowest BCUT2D eigenvalue weighted by atomic mass is 10.0. The fourth-order valence-electron chi connectivity index (χ4n) is 3.00. The van der Waals surface area contributed by atoms with Gasteiger partial charge in [-0.25, -0.2) is 9.97 Å². The lowest BCUT2D eigenvalue weighted by Gasteiger charge is -2.24. The van der Waals surface area contributed by atoms with Crippen molar-refractivity contribution in [1.29, 1.82) is 0 Å². The fourth-order valence-corrected chi connectivity index (χ4v) is 3.00. The van der Waals surface area contributed by atoms with Gasteiger partial charge in [-0.3, -0.25) is 9.78 Å². The first-order valence-electron chi connectivity index (χ1n) is 9.11. The first-order valence-corrected chi connectivity index (χ1v) is 9.11. The second kappa shape index (κ2) is 8.08. The molecule has 1 aromatic carbocycles. The van der Waals surface area contributed by atoms with E-state index in [2.05, 4.69) is 29.9 Å². The molecule has 2 aromatic heterocycles. The first kappa shape index (κ1) is 18.7. The molecule has 0 N–H and O–H groups in total. The maximum absolute atomic E-state index is 12.8. The third kappa shape index (κ3) is 4.03. The molecule has 1 atom stereocenters. The Morgan fingerprint density at radius 2 is 1.85 bits per heavy atom. The van der Waals surface area contributed by atoms with Crippen LogP contribution in [0.2, 0.25) is 0 Å². The molecule has 0 aliphatic heterocycles. The predicted molar refractivity (Wildman–Crippen MR) is 106 cm³/mol. The van der Waals surface area contributed by atoms with Crippen LogP contribution in [0.4, 0.5) is 0 Å². The lowest BCUT2D eigenvalue weighted by Crippen LogP contribution is -2.30. The van der Waals surface area contributed by atoms with Crippen LogP contribution in [0.25, 0.3) is 11.3 Å². The van der Waals surface area contributed by atoms with E-state index in [4.69, 9.17) is 4.98 Å². The lowest BCUT2D eigenvalue weighted by molar-refractivity contribution is 0.0739. The van der Waals surface area contributed by atoms with E-state index in [1.807, 2.05) is 43.3 Å². The summed E-state index contributed by atoms with van der Waals surface area (Å²) in [6, 6.07) is 13.4. The van der Waals surface area contributed by atoms with Gasteiger partial charge in [0.25, 0.3) is 5.91 Å². The van der Waals surface area contributed by atoms with E-state index in [9.17, 15) is 4.79 Å². The van der Waals surface area contributed by atoms with Crippen molar-refractivity contribution in [3.63, 3.8) is 0 Å². The number of nitrogens with zero attached hydrogens (tertiary/aromatic N) is 4. The van der Waals surface area contributed by atoms with Crippen LogP contribution in [0.5, 0.6) is 0 Å². The van der Waals surface area contributed by atoms with E-state index in [0.717, 1.165) is 29.1 Å². The van der Waals surface area contributed by atoms with Crippen molar-refractivity contribution in [2.75, 3.05) is 7.05 Å². The molecule has 0 aliphatic rings. The van der Waals surface area contributed by atoms with Crippen LogP contribution in [0.15, 0.2) is 55.0 Å². The molecule has 138 valence electrons. The summed E-state index contributed by atoms with van der Waals surface area (Å²) in [7, 11) is 1.79. The van der Waals surface area contributed by atoms with Gasteiger partial charge < -0.3 is 4.90 Å². The highest BCUT2D eigenvalue weighted by atomic mass is 16.2. The summed E-state index contributed by atoms with van der Waals surface area (Å²) in [5.74, 6) is -0.0428. The van der Waals surface area contributed by atoms with Gasteiger partial charge in [0.05, 0.1) is 17.4 Å². The summed E-state index contributed by atoms with van der Waals surface area (Å²) in [6.45, 7) is 6.14. The van der Waals surface area contributed by atoms with Gasteiger partial charge in [0.2, 0.25) is 0 Å². The summed E-state index contributed by atoms with van der Waals surface area (Å²) in [4.78, 5) is 27.4. The minimum Gasteiger partial charge on any atom is -0.333 e. The molecule has 2 heterocycles. The normalized spacial score (nSPS) is 11.9. The van der Waals surface area contributed by atoms with Crippen molar-refractivity contribution in [2.24, 2.45) is 0 Å². The molecule has 0 bridgehead atoms. The van der Waals surface area contributed by atoms with E-state index in [0.29, 0.717) is 5.56 Å². The van der Waals surface area contributed by atoms with Gasteiger partial charge in [0.1, 0.15) is 6.33 Å². The summed E-state index contributed by atoms with van der Waals surface area (Å²) in [6.07, 6.45) is 4.09. The summed E-state index contributed by atoms with van der Waals surface area (Å²) < 4.78 is 0. The number of carbonyl (C=O) groups is 1. The van der Waals surface area contributed by atoms with Gasteiger partial charge in [-0.15, -0.1) is 0 Å². The number of pyridine rings is 1. The van der Waals surface area contributed by atoms with Crippen molar-refractivity contribution < 1.29 is 4.79 Å². The van der Waals surface area contributed by atoms with Gasteiger partial charge in [0, 0.05) is 30.1 Å². The number of amides is 1. The van der Waals surface area contributed by atoms with Gasteiger partial charge in [-0.1, -0.05) is 25.1 Å². The Kier molecular flexibility index (Phi) is 5.60. The molecule has 0 spiro atoms. The Balaban J connectivity index is 1.79. The molecule has 0 aliphatic carbocycles. The largest absolute Gasteiger partial charge is 0.333 e. The topological polar surface area (TPSA) is 59.0 Å². The van der Waals surface area contributed by atoms with Gasteiger partial charge in [-0.2, -0.15) is 0 Å². The van der Waals surface area contributed by atoms with Crippen molar-refractivity contribution >= 4 is 5.91 Å². The average Bonchev–Trinajstić information content (AvgIpc) is 2.73. The molecule has 1 unspecified atom stereocenters. The third-order valence-corrected chi connectivity index (χ3v) is 4.90. The Morgan fingerprint density at radius 1 is 1.11 bits per heavy atom. The number of rotatable bonds is 5. The van der Waals surface area contributed by atoms with Crippen LogP contribution < -0.4 is 0 Å². The molecular weight excluding hydrogens is 336 g/mol. The molecule has 27 heavy (non-hydrogen) atoms. The van der Waals surface area contributed by atoms with Gasteiger partial charge in [0.15, 0.2) is 0 Å². The van der Waals surface area contributed by atoms with E-state index in [1.165, 1.54) is 11.9 Å². The smallest absolute Gasteiger partial charge is 0.254 e. The van der Waals surface area contributed by atoms with Crippen molar-refractivity contribution in [2.45, 2.75) is 33.2 Å². The van der Waals surface area contributed by atoms with Crippen LogP contribution >= 0.6 is 0 Å². The highest BCUT2D eigenvalue weighted by molar-refractivity contribution is 5.94.